The molecule has 1 saturated heterocycles. The van der Waals surface area contributed by atoms with Crippen molar-refractivity contribution in [2.45, 2.75) is 25.4 Å². The Morgan fingerprint density at radius 2 is 1.93 bits per heavy atom. The lowest BCUT2D eigenvalue weighted by Crippen LogP contribution is -2.64. The summed E-state index contributed by atoms with van der Waals surface area (Å²) >= 11 is 4.51. The zero-order valence-corrected chi connectivity index (χ0v) is 17.8. The van der Waals surface area contributed by atoms with Crippen molar-refractivity contribution in [3.05, 3.63) is 50.6 Å². The summed E-state index contributed by atoms with van der Waals surface area (Å²) < 4.78 is 0.797. The molecule has 1 atom stereocenters. The quantitative estimate of drug-likeness (QED) is 0.663. The van der Waals surface area contributed by atoms with Crippen LogP contribution in [0.3, 0.4) is 0 Å². The molecular formula is C19H17BrN4O4S. The van der Waals surface area contributed by atoms with Crippen LogP contribution in [0.15, 0.2) is 40.2 Å². The first-order valence-electron chi connectivity index (χ1n) is 8.90. The van der Waals surface area contributed by atoms with Crippen LogP contribution >= 0.6 is 27.3 Å². The van der Waals surface area contributed by atoms with Gasteiger partial charge in [-0.2, -0.15) is 0 Å². The number of nitrogens with one attached hydrogen (secondary N) is 2. The van der Waals surface area contributed by atoms with Crippen molar-refractivity contribution in [3.8, 4) is 0 Å². The average Bonchev–Trinajstić information content (AvgIpc) is 3.27. The van der Waals surface area contributed by atoms with Crippen LogP contribution in [0.4, 0.5) is 5.69 Å². The molecule has 8 nitrogen and oxygen atoms in total. The van der Waals surface area contributed by atoms with Gasteiger partial charge in [-0.25, -0.2) is 0 Å². The minimum Gasteiger partial charge on any atom is -0.306 e. The van der Waals surface area contributed by atoms with Gasteiger partial charge < -0.3 is 4.90 Å². The van der Waals surface area contributed by atoms with Gasteiger partial charge in [0.2, 0.25) is 5.91 Å². The second kappa shape index (κ2) is 7.27. The Balaban J connectivity index is 1.52. The Bertz CT molecular complexity index is 1040. The van der Waals surface area contributed by atoms with E-state index >= 15 is 0 Å². The maximum absolute atomic E-state index is 13.1. The Morgan fingerprint density at radius 1 is 1.17 bits per heavy atom. The summed E-state index contributed by atoms with van der Waals surface area (Å²) in [4.78, 5) is 53.6. The van der Waals surface area contributed by atoms with E-state index in [0.717, 1.165) is 3.79 Å². The summed E-state index contributed by atoms with van der Waals surface area (Å²) in [6, 6.07) is 10.2. The van der Waals surface area contributed by atoms with Crippen molar-refractivity contribution < 1.29 is 19.2 Å². The zero-order valence-electron chi connectivity index (χ0n) is 15.4. The number of fused-ring (bicyclic) bond motifs is 3. The third-order valence-corrected chi connectivity index (χ3v) is 6.78. The lowest BCUT2D eigenvalue weighted by Gasteiger charge is -2.48. The smallest absolute Gasteiger partial charge is 0.279 e. The van der Waals surface area contributed by atoms with E-state index in [9.17, 15) is 19.2 Å². The number of carbonyl (C=O) groups excluding carboxylic acids is 4. The highest BCUT2D eigenvalue weighted by molar-refractivity contribution is 9.11. The van der Waals surface area contributed by atoms with Gasteiger partial charge >= 0.3 is 0 Å². The molecule has 1 unspecified atom stereocenters. The van der Waals surface area contributed by atoms with Crippen LogP contribution in [0.2, 0.25) is 0 Å². The van der Waals surface area contributed by atoms with Crippen LogP contribution in [0.1, 0.15) is 39.8 Å². The number of carbonyl (C=O) groups is 4. The summed E-state index contributed by atoms with van der Waals surface area (Å²) in [5.74, 6) is -1.41. The molecule has 2 aliphatic heterocycles. The van der Waals surface area contributed by atoms with Crippen LogP contribution in [-0.4, -0.2) is 40.7 Å². The SMILES string of the molecule is CC12CCC(=O)N1c1ccccc1C(=O)N2CC(=O)NNC(=O)c1ccc(Br)s1. The number of amides is 4. The Kier molecular flexibility index (Phi) is 4.91. The largest absolute Gasteiger partial charge is 0.306 e. The van der Waals surface area contributed by atoms with Crippen molar-refractivity contribution in [1.29, 1.82) is 0 Å². The summed E-state index contributed by atoms with van der Waals surface area (Å²) in [6.45, 7) is 1.49. The minimum absolute atomic E-state index is 0.0885. The normalized spacial score (nSPS) is 20.3. The highest BCUT2D eigenvalue weighted by Crippen LogP contribution is 2.43. The third-order valence-electron chi connectivity index (χ3n) is 5.16. The van der Waals surface area contributed by atoms with Gasteiger partial charge in [-0.3, -0.25) is 34.9 Å². The summed E-state index contributed by atoms with van der Waals surface area (Å²) in [7, 11) is 0. The van der Waals surface area contributed by atoms with Crippen molar-refractivity contribution in [2.75, 3.05) is 11.4 Å². The van der Waals surface area contributed by atoms with E-state index in [2.05, 4.69) is 26.8 Å². The van der Waals surface area contributed by atoms with Gasteiger partial charge in [0.25, 0.3) is 17.7 Å². The van der Waals surface area contributed by atoms with Crippen LogP contribution in [0, 0.1) is 0 Å². The monoisotopic (exact) mass is 476 g/mol. The molecule has 1 aromatic carbocycles. The molecule has 1 fully saturated rings. The maximum Gasteiger partial charge on any atom is 0.279 e. The number of para-hydroxylation sites is 1. The topological polar surface area (TPSA) is 98.8 Å². The molecule has 0 aliphatic carbocycles. The lowest BCUT2D eigenvalue weighted by molar-refractivity contribution is -0.124. The Morgan fingerprint density at radius 3 is 2.66 bits per heavy atom. The second-order valence-corrected chi connectivity index (χ2v) is 9.42. The molecule has 4 rings (SSSR count). The summed E-state index contributed by atoms with van der Waals surface area (Å²) in [5, 5.41) is 0. The van der Waals surface area contributed by atoms with Crippen LogP contribution in [0.25, 0.3) is 0 Å². The molecule has 4 amide bonds. The Hall–Kier alpha value is -2.72. The fourth-order valence-electron chi connectivity index (χ4n) is 3.75. The molecule has 0 radical (unpaired) electrons. The predicted octanol–water partition coefficient (Wildman–Crippen LogP) is 2.27. The number of rotatable bonds is 3. The van der Waals surface area contributed by atoms with Crippen molar-refractivity contribution in [3.63, 3.8) is 0 Å². The standard InChI is InChI=1S/C19H17BrN4O4S/c1-19-9-8-16(26)24(19)12-5-3-2-4-11(12)18(28)23(19)10-15(25)21-22-17(27)13-6-7-14(20)29-13/h2-7H,8-10H2,1H3,(H,21,25)(H,22,27). The number of halogens is 1. The molecule has 0 saturated carbocycles. The van der Waals surface area contributed by atoms with Crippen LogP contribution in [-0.2, 0) is 9.59 Å². The van der Waals surface area contributed by atoms with E-state index in [1.54, 1.807) is 48.2 Å². The van der Waals surface area contributed by atoms with Crippen molar-refractivity contribution >= 4 is 56.6 Å². The van der Waals surface area contributed by atoms with E-state index < -0.39 is 17.5 Å². The summed E-state index contributed by atoms with van der Waals surface area (Å²) in [5.41, 5.74) is 4.71. The van der Waals surface area contributed by atoms with Crippen molar-refractivity contribution in [1.82, 2.24) is 15.8 Å². The molecule has 150 valence electrons. The van der Waals surface area contributed by atoms with Gasteiger partial charge in [0.05, 0.1) is 19.9 Å². The number of anilines is 1. The lowest BCUT2D eigenvalue weighted by atomic mass is 9.98. The van der Waals surface area contributed by atoms with E-state index in [4.69, 9.17) is 0 Å². The zero-order chi connectivity index (χ0) is 20.8. The van der Waals surface area contributed by atoms with Crippen molar-refractivity contribution in [2.24, 2.45) is 0 Å². The van der Waals surface area contributed by atoms with Gasteiger partial charge in [-0.05, 0) is 53.5 Å². The van der Waals surface area contributed by atoms with Gasteiger partial charge in [-0.1, -0.05) is 12.1 Å². The molecule has 2 aliphatic rings. The fourth-order valence-corrected chi connectivity index (χ4v) is 5.03. The minimum atomic E-state index is -0.928. The molecule has 3 heterocycles. The number of thiophene rings is 1. The number of nitrogens with zero attached hydrogens (tertiary/aromatic N) is 2. The first-order valence-corrected chi connectivity index (χ1v) is 10.5. The number of benzene rings is 1. The van der Waals surface area contributed by atoms with Gasteiger partial charge in [0, 0.05) is 6.42 Å². The molecule has 10 heteroatoms. The first kappa shape index (κ1) is 19.6. The number of hydrogen-bond acceptors (Lipinski definition) is 5. The molecule has 1 aromatic heterocycles. The summed E-state index contributed by atoms with van der Waals surface area (Å²) in [6.07, 6.45) is 0.717. The van der Waals surface area contributed by atoms with E-state index in [1.807, 2.05) is 0 Å². The third kappa shape index (κ3) is 3.32. The first-order chi connectivity index (χ1) is 13.8. The average molecular weight is 477 g/mol. The maximum atomic E-state index is 13.1. The van der Waals surface area contributed by atoms with E-state index in [1.165, 1.54) is 16.2 Å². The second-order valence-electron chi connectivity index (χ2n) is 6.96. The molecule has 0 bridgehead atoms. The van der Waals surface area contributed by atoms with E-state index in [0.29, 0.717) is 29.0 Å². The highest BCUT2D eigenvalue weighted by Gasteiger charge is 2.53. The van der Waals surface area contributed by atoms with Crippen LogP contribution in [0.5, 0.6) is 0 Å². The molecule has 2 N–H and O–H groups in total. The van der Waals surface area contributed by atoms with Gasteiger partial charge in [0.15, 0.2) is 0 Å². The predicted molar refractivity (Wildman–Crippen MR) is 110 cm³/mol. The number of hydrazine groups is 1. The molecule has 29 heavy (non-hydrogen) atoms. The van der Waals surface area contributed by atoms with E-state index in [-0.39, 0.29) is 18.4 Å². The number of hydrogen-bond donors (Lipinski definition) is 2. The Labute approximate surface area is 179 Å². The fraction of sp³-hybridized carbons (Fsp3) is 0.263. The highest BCUT2D eigenvalue weighted by atomic mass is 79.9. The molecular weight excluding hydrogens is 460 g/mol. The van der Waals surface area contributed by atoms with Gasteiger partial charge in [0.1, 0.15) is 12.2 Å². The van der Waals surface area contributed by atoms with Gasteiger partial charge in [-0.15, -0.1) is 11.3 Å². The van der Waals surface area contributed by atoms with Crippen LogP contribution < -0.4 is 15.8 Å². The molecule has 0 spiro atoms. The molecule has 2 aromatic rings.